The van der Waals surface area contributed by atoms with Crippen LogP contribution in [0.2, 0.25) is 0 Å². The van der Waals surface area contributed by atoms with Crippen LogP contribution in [0.5, 0.6) is 0 Å². The van der Waals surface area contributed by atoms with Gasteiger partial charge in [0.15, 0.2) is 0 Å². The van der Waals surface area contributed by atoms with Crippen LogP contribution in [-0.2, 0) is 13.0 Å². The molecule has 1 amide bonds. The molecule has 0 spiro atoms. The van der Waals surface area contributed by atoms with Gasteiger partial charge in [-0.3, -0.25) is 4.79 Å². The summed E-state index contributed by atoms with van der Waals surface area (Å²) in [7, 11) is 1.92. The molecule has 0 aliphatic carbocycles. The van der Waals surface area contributed by atoms with E-state index in [1.807, 2.05) is 49.5 Å². The number of benzene rings is 2. The zero-order chi connectivity index (χ0) is 15.1. The Kier molecular flexibility index (Phi) is 5.52. The summed E-state index contributed by atoms with van der Waals surface area (Å²) in [6.45, 7) is 3.48. The first-order valence-electron chi connectivity index (χ1n) is 7.27. The number of carbonyl (C=O) groups excluding carboxylic acids is 1. The minimum absolute atomic E-state index is 0.00930. The van der Waals surface area contributed by atoms with Crippen LogP contribution >= 0.6 is 0 Å². The summed E-state index contributed by atoms with van der Waals surface area (Å²) < 4.78 is 0. The molecule has 0 saturated carbocycles. The van der Waals surface area contributed by atoms with Crippen molar-refractivity contribution in [2.24, 2.45) is 0 Å². The Bertz CT molecular complexity index is 608. The van der Waals surface area contributed by atoms with Gasteiger partial charge in [0.25, 0.3) is 5.91 Å². The first-order valence-corrected chi connectivity index (χ1v) is 7.27. The van der Waals surface area contributed by atoms with Crippen LogP contribution in [0.1, 0.15) is 27.0 Å². The Morgan fingerprint density at radius 1 is 1.00 bits per heavy atom. The van der Waals surface area contributed by atoms with E-state index in [1.54, 1.807) is 0 Å². The lowest BCUT2D eigenvalue weighted by Gasteiger charge is -2.11. The van der Waals surface area contributed by atoms with Crippen LogP contribution in [0, 0.1) is 6.92 Å². The van der Waals surface area contributed by atoms with Crippen molar-refractivity contribution >= 4 is 5.91 Å². The summed E-state index contributed by atoms with van der Waals surface area (Å²) in [5.74, 6) is -0.00930. The molecule has 0 aliphatic heterocycles. The Morgan fingerprint density at radius 2 is 1.67 bits per heavy atom. The van der Waals surface area contributed by atoms with E-state index in [2.05, 4.69) is 23.6 Å². The number of hydrogen-bond acceptors (Lipinski definition) is 2. The maximum atomic E-state index is 12.4. The first-order chi connectivity index (χ1) is 10.2. The molecule has 21 heavy (non-hydrogen) atoms. The van der Waals surface area contributed by atoms with E-state index >= 15 is 0 Å². The van der Waals surface area contributed by atoms with E-state index in [-0.39, 0.29) is 5.91 Å². The van der Waals surface area contributed by atoms with Crippen LogP contribution in [0.3, 0.4) is 0 Å². The average molecular weight is 282 g/mol. The van der Waals surface area contributed by atoms with E-state index in [9.17, 15) is 4.79 Å². The number of aryl methyl sites for hydroxylation is 1. The minimum atomic E-state index is -0.00930. The molecule has 0 bridgehead atoms. The molecule has 0 aromatic heterocycles. The van der Waals surface area contributed by atoms with Crippen molar-refractivity contribution in [3.8, 4) is 0 Å². The van der Waals surface area contributed by atoms with Gasteiger partial charge in [-0.1, -0.05) is 42.5 Å². The highest BCUT2D eigenvalue weighted by Crippen LogP contribution is 2.11. The molecule has 0 heterocycles. The second kappa shape index (κ2) is 7.60. The largest absolute Gasteiger partial charge is 0.348 e. The smallest absolute Gasteiger partial charge is 0.251 e. The molecule has 2 rings (SSSR count). The molecule has 0 saturated heterocycles. The number of likely N-dealkylation sites (N-methyl/N-ethyl adjacent to an activating group) is 1. The molecule has 0 unspecified atom stereocenters. The fourth-order valence-electron chi connectivity index (χ4n) is 2.30. The molecular formula is C18H22N2O. The van der Waals surface area contributed by atoms with Crippen LogP contribution in [0.4, 0.5) is 0 Å². The van der Waals surface area contributed by atoms with Crippen LogP contribution in [0.15, 0.2) is 48.5 Å². The van der Waals surface area contributed by atoms with Crippen molar-refractivity contribution < 1.29 is 4.79 Å². The van der Waals surface area contributed by atoms with E-state index in [0.717, 1.165) is 29.7 Å². The van der Waals surface area contributed by atoms with Crippen molar-refractivity contribution in [3.05, 3.63) is 70.8 Å². The van der Waals surface area contributed by atoms with E-state index < -0.39 is 0 Å². The Balaban J connectivity index is 2.05. The van der Waals surface area contributed by atoms with Gasteiger partial charge >= 0.3 is 0 Å². The summed E-state index contributed by atoms with van der Waals surface area (Å²) >= 11 is 0. The number of amides is 1. The molecule has 3 heteroatoms. The van der Waals surface area contributed by atoms with E-state index in [0.29, 0.717) is 6.54 Å². The average Bonchev–Trinajstić information content (AvgIpc) is 2.52. The summed E-state index contributed by atoms with van der Waals surface area (Å²) in [6, 6.07) is 15.9. The van der Waals surface area contributed by atoms with Gasteiger partial charge in [0.2, 0.25) is 0 Å². The lowest BCUT2D eigenvalue weighted by molar-refractivity contribution is 0.0950. The molecule has 2 N–H and O–H groups in total. The molecule has 0 atom stereocenters. The van der Waals surface area contributed by atoms with Crippen molar-refractivity contribution in [1.29, 1.82) is 0 Å². The van der Waals surface area contributed by atoms with Crippen molar-refractivity contribution in [2.45, 2.75) is 19.9 Å². The Labute approximate surface area is 126 Å². The second-order valence-corrected chi connectivity index (χ2v) is 5.12. The predicted octanol–water partition coefficient (Wildman–Crippen LogP) is 2.69. The molecule has 0 aliphatic rings. The fraction of sp³-hybridized carbons (Fsp3) is 0.278. The van der Waals surface area contributed by atoms with Gasteiger partial charge in [0, 0.05) is 12.1 Å². The highest BCUT2D eigenvalue weighted by Gasteiger charge is 2.10. The van der Waals surface area contributed by atoms with Crippen molar-refractivity contribution in [3.63, 3.8) is 0 Å². The third-order valence-electron chi connectivity index (χ3n) is 3.61. The van der Waals surface area contributed by atoms with Crippen molar-refractivity contribution in [2.75, 3.05) is 13.6 Å². The van der Waals surface area contributed by atoms with Gasteiger partial charge in [-0.15, -0.1) is 0 Å². The van der Waals surface area contributed by atoms with E-state index in [4.69, 9.17) is 0 Å². The fourth-order valence-corrected chi connectivity index (χ4v) is 2.30. The quantitative estimate of drug-likeness (QED) is 0.855. The molecule has 3 nitrogen and oxygen atoms in total. The monoisotopic (exact) mass is 282 g/mol. The molecule has 0 radical (unpaired) electrons. The van der Waals surface area contributed by atoms with Crippen LogP contribution < -0.4 is 10.6 Å². The summed E-state index contributed by atoms with van der Waals surface area (Å²) in [5, 5.41) is 6.13. The first kappa shape index (κ1) is 15.3. The minimum Gasteiger partial charge on any atom is -0.348 e. The lowest BCUT2D eigenvalue weighted by atomic mass is 10.0. The topological polar surface area (TPSA) is 41.1 Å². The standard InChI is InChI=1S/C18H22N2O/c1-14-7-3-4-9-16(14)13-20-18(21)17-10-6-5-8-15(17)11-12-19-2/h3-10,19H,11-13H2,1-2H3,(H,20,21). The summed E-state index contributed by atoms with van der Waals surface area (Å²) in [6.07, 6.45) is 0.852. The molecule has 2 aromatic rings. The molecule has 110 valence electrons. The van der Waals surface area contributed by atoms with Gasteiger partial charge < -0.3 is 10.6 Å². The third kappa shape index (κ3) is 4.17. The van der Waals surface area contributed by atoms with Gasteiger partial charge in [0.05, 0.1) is 0 Å². The number of hydrogen-bond donors (Lipinski definition) is 2. The maximum absolute atomic E-state index is 12.4. The highest BCUT2D eigenvalue weighted by molar-refractivity contribution is 5.95. The Morgan fingerprint density at radius 3 is 2.38 bits per heavy atom. The SMILES string of the molecule is CNCCc1ccccc1C(=O)NCc1ccccc1C. The number of nitrogens with one attached hydrogen (secondary N) is 2. The lowest BCUT2D eigenvalue weighted by Crippen LogP contribution is -2.25. The van der Waals surface area contributed by atoms with Gasteiger partial charge in [-0.2, -0.15) is 0 Å². The summed E-state index contributed by atoms with van der Waals surface area (Å²) in [4.78, 5) is 12.4. The second-order valence-electron chi connectivity index (χ2n) is 5.12. The number of carbonyl (C=O) groups is 1. The molecular weight excluding hydrogens is 260 g/mol. The highest BCUT2D eigenvalue weighted by atomic mass is 16.1. The van der Waals surface area contributed by atoms with Gasteiger partial charge in [-0.25, -0.2) is 0 Å². The van der Waals surface area contributed by atoms with Crippen LogP contribution in [0.25, 0.3) is 0 Å². The molecule has 0 fully saturated rings. The maximum Gasteiger partial charge on any atom is 0.251 e. The van der Waals surface area contributed by atoms with Crippen molar-refractivity contribution in [1.82, 2.24) is 10.6 Å². The number of rotatable bonds is 6. The summed E-state index contributed by atoms with van der Waals surface area (Å²) in [5.41, 5.74) is 4.19. The third-order valence-corrected chi connectivity index (χ3v) is 3.61. The normalized spacial score (nSPS) is 10.4. The van der Waals surface area contributed by atoms with Gasteiger partial charge in [0.1, 0.15) is 0 Å². The zero-order valence-electron chi connectivity index (χ0n) is 12.6. The zero-order valence-corrected chi connectivity index (χ0v) is 12.6. The Hall–Kier alpha value is -2.13. The predicted molar refractivity (Wildman–Crippen MR) is 86.4 cm³/mol. The van der Waals surface area contributed by atoms with Gasteiger partial charge in [-0.05, 0) is 49.7 Å². The van der Waals surface area contributed by atoms with Crippen LogP contribution in [-0.4, -0.2) is 19.5 Å². The van der Waals surface area contributed by atoms with E-state index in [1.165, 1.54) is 5.56 Å². The molecule has 2 aromatic carbocycles.